The number of aromatic nitrogens is 5. The van der Waals surface area contributed by atoms with Crippen molar-refractivity contribution in [3.05, 3.63) is 36.9 Å². The summed E-state index contributed by atoms with van der Waals surface area (Å²) in [7, 11) is 1.64. The number of pyridine rings is 2. The van der Waals surface area contributed by atoms with Gasteiger partial charge in [-0.2, -0.15) is 5.10 Å². The van der Waals surface area contributed by atoms with Gasteiger partial charge in [-0.3, -0.25) is 9.67 Å². The molecule has 7 heteroatoms. The number of aromatic amines is 1. The van der Waals surface area contributed by atoms with Crippen LogP contribution >= 0.6 is 0 Å². The number of aryl methyl sites for hydroxylation is 1. The van der Waals surface area contributed by atoms with Gasteiger partial charge in [0.1, 0.15) is 11.4 Å². The lowest BCUT2D eigenvalue weighted by Gasteiger charge is -2.00. The zero-order valence-corrected chi connectivity index (χ0v) is 14.1. The van der Waals surface area contributed by atoms with Gasteiger partial charge in [0.25, 0.3) is 0 Å². The molecule has 25 heavy (non-hydrogen) atoms. The van der Waals surface area contributed by atoms with Gasteiger partial charge in [0, 0.05) is 29.1 Å². The van der Waals surface area contributed by atoms with Crippen molar-refractivity contribution < 1.29 is 4.74 Å². The molecule has 0 amide bonds. The van der Waals surface area contributed by atoms with Gasteiger partial charge in [-0.1, -0.05) is 0 Å². The van der Waals surface area contributed by atoms with Crippen molar-refractivity contribution >= 4 is 21.9 Å². The first-order chi connectivity index (χ1) is 12.3. The molecule has 0 aliphatic heterocycles. The third kappa shape index (κ3) is 2.94. The van der Waals surface area contributed by atoms with E-state index in [2.05, 4.69) is 26.1 Å². The number of H-pyrrole nitrogens is 1. The largest absolute Gasteiger partial charge is 0.495 e. The highest BCUT2D eigenvalue weighted by Gasteiger charge is 2.10. The van der Waals surface area contributed by atoms with Gasteiger partial charge in [0.15, 0.2) is 0 Å². The SMILES string of the molecule is COc1cnc2[nH]c3cnc(-c4cnn(CCCCN)c4)cc3c2c1. The van der Waals surface area contributed by atoms with Crippen LogP contribution in [-0.2, 0) is 6.54 Å². The Morgan fingerprint density at radius 2 is 2.04 bits per heavy atom. The van der Waals surface area contributed by atoms with E-state index in [-0.39, 0.29) is 0 Å². The zero-order valence-electron chi connectivity index (χ0n) is 14.1. The highest BCUT2D eigenvalue weighted by atomic mass is 16.5. The van der Waals surface area contributed by atoms with Crippen LogP contribution in [0.5, 0.6) is 5.75 Å². The van der Waals surface area contributed by atoms with E-state index in [0.717, 1.165) is 58.3 Å². The molecular weight excluding hydrogens is 316 g/mol. The normalized spacial score (nSPS) is 11.4. The number of rotatable bonds is 6. The number of ether oxygens (including phenoxy) is 1. The standard InChI is InChI=1S/C18H20N6O/c1-25-13-6-15-14-7-16(20-10-17(14)23-18(15)21-9-13)12-8-22-24(11-12)5-3-2-4-19/h6-11H,2-5,19H2,1H3,(H,21,23). The predicted octanol–water partition coefficient (Wildman–Crippen LogP) is 2.72. The summed E-state index contributed by atoms with van der Waals surface area (Å²) in [6.45, 7) is 1.58. The summed E-state index contributed by atoms with van der Waals surface area (Å²) < 4.78 is 7.23. The third-order valence-electron chi connectivity index (χ3n) is 4.32. The predicted molar refractivity (Wildman–Crippen MR) is 97.5 cm³/mol. The number of unbranched alkanes of at least 4 members (excludes halogenated alkanes) is 1. The number of nitrogens with zero attached hydrogens (tertiary/aromatic N) is 4. The lowest BCUT2D eigenvalue weighted by molar-refractivity contribution is 0.414. The van der Waals surface area contributed by atoms with Crippen LogP contribution < -0.4 is 10.5 Å². The van der Waals surface area contributed by atoms with E-state index in [0.29, 0.717) is 6.54 Å². The molecule has 0 aliphatic rings. The zero-order chi connectivity index (χ0) is 17.2. The minimum absolute atomic E-state index is 0.713. The monoisotopic (exact) mass is 336 g/mol. The fraction of sp³-hybridized carbons (Fsp3) is 0.278. The van der Waals surface area contributed by atoms with Crippen molar-refractivity contribution in [2.75, 3.05) is 13.7 Å². The van der Waals surface area contributed by atoms with E-state index in [9.17, 15) is 0 Å². The quantitative estimate of drug-likeness (QED) is 0.528. The molecule has 0 fully saturated rings. The van der Waals surface area contributed by atoms with Crippen LogP contribution in [0, 0.1) is 0 Å². The summed E-state index contributed by atoms with van der Waals surface area (Å²) in [5, 5.41) is 6.51. The first kappa shape index (κ1) is 15.6. The van der Waals surface area contributed by atoms with Gasteiger partial charge < -0.3 is 15.5 Å². The van der Waals surface area contributed by atoms with Crippen LogP contribution in [-0.4, -0.2) is 38.4 Å². The van der Waals surface area contributed by atoms with Gasteiger partial charge in [0.2, 0.25) is 0 Å². The van der Waals surface area contributed by atoms with Crippen molar-refractivity contribution in [2.24, 2.45) is 5.73 Å². The van der Waals surface area contributed by atoms with E-state index in [4.69, 9.17) is 10.5 Å². The Kier molecular flexibility index (Phi) is 4.07. The molecule has 4 aromatic rings. The van der Waals surface area contributed by atoms with E-state index < -0.39 is 0 Å². The molecule has 0 atom stereocenters. The molecule has 7 nitrogen and oxygen atoms in total. The summed E-state index contributed by atoms with van der Waals surface area (Å²) in [6.07, 6.45) is 9.45. The fourth-order valence-electron chi connectivity index (χ4n) is 2.96. The van der Waals surface area contributed by atoms with Crippen LogP contribution in [0.2, 0.25) is 0 Å². The first-order valence-electron chi connectivity index (χ1n) is 8.33. The van der Waals surface area contributed by atoms with Crippen molar-refractivity contribution in [1.29, 1.82) is 0 Å². The molecule has 128 valence electrons. The second kappa shape index (κ2) is 6.52. The van der Waals surface area contributed by atoms with Crippen LogP contribution in [0.3, 0.4) is 0 Å². The van der Waals surface area contributed by atoms with Crippen molar-refractivity contribution in [3.8, 4) is 17.0 Å². The van der Waals surface area contributed by atoms with Gasteiger partial charge in [-0.25, -0.2) is 4.98 Å². The van der Waals surface area contributed by atoms with E-state index in [1.807, 2.05) is 29.3 Å². The third-order valence-corrected chi connectivity index (χ3v) is 4.32. The Hall–Kier alpha value is -2.93. The average Bonchev–Trinajstić information content (AvgIpc) is 3.25. The number of methoxy groups -OCH3 is 1. The van der Waals surface area contributed by atoms with Crippen molar-refractivity contribution in [3.63, 3.8) is 0 Å². The maximum Gasteiger partial charge on any atom is 0.138 e. The molecule has 4 heterocycles. The van der Waals surface area contributed by atoms with Gasteiger partial charge >= 0.3 is 0 Å². The molecule has 0 bridgehead atoms. The molecule has 0 unspecified atom stereocenters. The van der Waals surface area contributed by atoms with E-state index >= 15 is 0 Å². The lowest BCUT2D eigenvalue weighted by Crippen LogP contribution is -2.03. The van der Waals surface area contributed by atoms with Crippen molar-refractivity contribution in [2.45, 2.75) is 19.4 Å². The second-order valence-electron chi connectivity index (χ2n) is 6.00. The Bertz CT molecular complexity index is 1020. The maximum absolute atomic E-state index is 5.54. The molecule has 4 aromatic heterocycles. The molecule has 0 aromatic carbocycles. The number of hydrogen-bond donors (Lipinski definition) is 2. The van der Waals surface area contributed by atoms with Crippen molar-refractivity contribution in [1.82, 2.24) is 24.7 Å². The Labute approximate surface area is 144 Å². The Morgan fingerprint density at radius 3 is 2.88 bits per heavy atom. The van der Waals surface area contributed by atoms with Crippen LogP contribution in [0.1, 0.15) is 12.8 Å². The summed E-state index contributed by atoms with van der Waals surface area (Å²) in [6, 6.07) is 4.05. The first-order valence-corrected chi connectivity index (χ1v) is 8.33. The van der Waals surface area contributed by atoms with Gasteiger partial charge in [-0.15, -0.1) is 0 Å². The number of fused-ring (bicyclic) bond motifs is 3. The molecule has 0 aliphatic carbocycles. The molecule has 0 spiro atoms. The minimum atomic E-state index is 0.713. The van der Waals surface area contributed by atoms with E-state index in [1.165, 1.54) is 0 Å². The number of nitrogens with one attached hydrogen (secondary N) is 1. The maximum atomic E-state index is 5.54. The topological polar surface area (TPSA) is 94.6 Å². The van der Waals surface area contributed by atoms with Gasteiger partial charge in [0.05, 0.1) is 36.9 Å². The highest BCUT2D eigenvalue weighted by Crippen LogP contribution is 2.29. The van der Waals surface area contributed by atoms with E-state index in [1.54, 1.807) is 13.3 Å². The fourth-order valence-corrected chi connectivity index (χ4v) is 2.96. The molecule has 0 radical (unpaired) electrons. The lowest BCUT2D eigenvalue weighted by atomic mass is 10.1. The molecule has 0 saturated carbocycles. The molecular formula is C18H20N6O. The van der Waals surface area contributed by atoms with Crippen LogP contribution in [0.4, 0.5) is 0 Å². The second-order valence-corrected chi connectivity index (χ2v) is 6.00. The smallest absolute Gasteiger partial charge is 0.138 e. The average molecular weight is 336 g/mol. The summed E-state index contributed by atoms with van der Waals surface area (Å²) >= 11 is 0. The molecule has 3 N–H and O–H groups in total. The Morgan fingerprint density at radius 1 is 1.12 bits per heavy atom. The summed E-state index contributed by atoms with van der Waals surface area (Å²) in [5.41, 5.74) is 9.21. The van der Waals surface area contributed by atoms with Gasteiger partial charge in [-0.05, 0) is 31.5 Å². The minimum Gasteiger partial charge on any atom is -0.495 e. The van der Waals surface area contributed by atoms with Crippen LogP contribution in [0.25, 0.3) is 33.2 Å². The number of hydrogen-bond acceptors (Lipinski definition) is 5. The molecule has 4 rings (SSSR count). The highest BCUT2D eigenvalue weighted by molar-refractivity contribution is 6.06. The van der Waals surface area contributed by atoms with Crippen LogP contribution in [0.15, 0.2) is 36.9 Å². The summed E-state index contributed by atoms with van der Waals surface area (Å²) in [5.74, 6) is 0.736. The molecule has 0 saturated heterocycles. The summed E-state index contributed by atoms with van der Waals surface area (Å²) in [4.78, 5) is 12.2. The Balaban J connectivity index is 1.71. The number of nitrogens with two attached hydrogens (primary N) is 1.